The molecular weight excluding hydrogens is 322 g/mol. The van der Waals surface area contributed by atoms with Gasteiger partial charge in [-0.15, -0.1) is 0 Å². The number of carbonyl (C=O) groups excluding carboxylic acids is 2. The minimum Gasteiger partial charge on any atom is -0.383 e. The van der Waals surface area contributed by atoms with E-state index < -0.39 is 0 Å². The zero-order valence-electron chi connectivity index (χ0n) is 15.0. The third-order valence-electron chi connectivity index (χ3n) is 5.59. The molecule has 0 radical (unpaired) electrons. The molecule has 3 rings (SSSR count). The van der Waals surface area contributed by atoms with Crippen LogP contribution in [0.1, 0.15) is 29.8 Å². The first-order chi connectivity index (χ1) is 12.1. The lowest BCUT2D eigenvalue weighted by atomic mass is 9.86. The quantitative estimate of drug-likeness (QED) is 0.839. The number of ether oxygens (including phenoxy) is 1. The van der Waals surface area contributed by atoms with Crippen LogP contribution in [0.2, 0.25) is 0 Å². The number of nitrogens with zero attached hydrogens (tertiary/aromatic N) is 4. The highest BCUT2D eigenvalue weighted by molar-refractivity contribution is 5.92. The molecule has 2 saturated heterocycles. The predicted molar refractivity (Wildman–Crippen MR) is 92.2 cm³/mol. The molecule has 1 atom stereocenters. The van der Waals surface area contributed by atoms with Gasteiger partial charge in [0.05, 0.1) is 6.61 Å². The molecule has 0 aromatic carbocycles. The summed E-state index contributed by atoms with van der Waals surface area (Å²) in [5, 5.41) is 6.63. The number of rotatable bonds is 4. The second-order valence-corrected chi connectivity index (χ2v) is 6.97. The SMILES string of the molecule is COCCN1CC[C@]2(CCC1=O)CN(C(=O)c1ccn[nH]1)CCN2C. The van der Waals surface area contributed by atoms with Gasteiger partial charge in [-0.25, -0.2) is 0 Å². The van der Waals surface area contributed by atoms with Crippen LogP contribution in [0.4, 0.5) is 0 Å². The first-order valence-corrected chi connectivity index (χ1v) is 8.82. The highest BCUT2D eigenvalue weighted by Gasteiger charge is 2.43. The molecule has 2 amide bonds. The minimum atomic E-state index is -0.147. The van der Waals surface area contributed by atoms with E-state index in [-0.39, 0.29) is 17.4 Å². The molecule has 1 aromatic heterocycles. The van der Waals surface area contributed by atoms with Gasteiger partial charge in [-0.3, -0.25) is 19.6 Å². The van der Waals surface area contributed by atoms with Crippen LogP contribution in [-0.4, -0.2) is 95.7 Å². The Hall–Kier alpha value is -1.93. The minimum absolute atomic E-state index is 0.0169. The van der Waals surface area contributed by atoms with Crippen molar-refractivity contribution in [1.29, 1.82) is 0 Å². The molecule has 0 unspecified atom stereocenters. The number of piperazine rings is 1. The Morgan fingerprint density at radius 2 is 2.20 bits per heavy atom. The third-order valence-corrected chi connectivity index (χ3v) is 5.59. The second kappa shape index (κ2) is 7.53. The third kappa shape index (κ3) is 3.69. The molecule has 138 valence electrons. The normalized spacial score (nSPS) is 25.4. The fourth-order valence-corrected chi connectivity index (χ4v) is 3.85. The molecule has 1 spiro atoms. The molecule has 8 heteroatoms. The van der Waals surface area contributed by atoms with Crippen molar-refractivity contribution >= 4 is 11.8 Å². The summed E-state index contributed by atoms with van der Waals surface area (Å²) >= 11 is 0. The van der Waals surface area contributed by atoms with E-state index in [0.29, 0.717) is 44.9 Å². The molecule has 3 heterocycles. The Labute approximate surface area is 148 Å². The van der Waals surface area contributed by atoms with Gasteiger partial charge in [0.15, 0.2) is 0 Å². The molecule has 2 fully saturated rings. The Balaban J connectivity index is 1.72. The molecule has 0 bridgehead atoms. The Kier molecular flexibility index (Phi) is 5.39. The number of hydrogen-bond donors (Lipinski definition) is 1. The number of hydrogen-bond acceptors (Lipinski definition) is 5. The van der Waals surface area contributed by atoms with Crippen molar-refractivity contribution in [2.24, 2.45) is 0 Å². The molecule has 25 heavy (non-hydrogen) atoms. The van der Waals surface area contributed by atoms with Gasteiger partial charge in [-0.1, -0.05) is 0 Å². The van der Waals surface area contributed by atoms with Gasteiger partial charge in [0.1, 0.15) is 5.69 Å². The smallest absolute Gasteiger partial charge is 0.271 e. The van der Waals surface area contributed by atoms with Gasteiger partial charge < -0.3 is 14.5 Å². The summed E-state index contributed by atoms with van der Waals surface area (Å²) in [7, 11) is 3.75. The van der Waals surface area contributed by atoms with E-state index in [1.165, 1.54) is 0 Å². The number of likely N-dealkylation sites (N-methyl/N-ethyl adjacent to an activating group) is 1. The van der Waals surface area contributed by atoms with Crippen LogP contribution in [0.5, 0.6) is 0 Å². The number of aromatic nitrogens is 2. The van der Waals surface area contributed by atoms with Crippen molar-refractivity contribution < 1.29 is 14.3 Å². The second-order valence-electron chi connectivity index (χ2n) is 6.97. The average molecular weight is 349 g/mol. The Morgan fingerprint density at radius 3 is 2.92 bits per heavy atom. The molecule has 0 aliphatic carbocycles. The maximum atomic E-state index is 12.7. The number of nitrogens with one attached hydrogen (secondary N) is 1. The Bertz CT molecular complexity index is 605. The summed E-state index contributed by atoms with van der Waals surface area (Å²) in [5.41, 5.74) is 0.372. The average Bonchev–Trinajstić information content (AvgIpc) is 3.10. The number of methoxy groups -OCH3 is 1. The van der Waals surface area contributed by atoms with Crippen molar-refractivity contribution in [3.05, 3.63) is 18.0 Å². The van der Waals surface area contributed by atoms with Crippen LogP contribution in [0.25, 0.3) is 0 Å². The predicted octanol–water partition coefficient (Wildman–Crippen LogP) is 0.195. The lowest BCUT2D eigenvalue weighted by Gasteiger charge is -2.49. The van der Waals surface area contributed by atoms with Gasteiger partial charge in [-0.2, -0.15) is 5.10 Å². The summed E-state index contributed by atoms with van der Waals surface area (Å²) in [6, 6.07) is 1.70. The molecule has 2 aliphatic heterocycles. The lowest BCUT2D eigenvalue weighted by Crippen LogP contribution is -2.62. The molecule has 1 aromatic rings. The molecule has 2 aliphatic rings. The summed E-state index contributed by atoms with van der Waals surface area (Å²) in [5.74, 6) is 0.163. The van der Waals surface area contributed by atoms with E-state index >= 15 is 0 Å². The van der Waals surface area contributed by atoms with E-state index in [9.17, 15) is 9.59 Å². The van der Waals surface area contributed by atoms with Crippen molar-refractivity contribution in [1.82, 2.24) is 24.9 Å². The van der Waals surface area contributed by atoms with Crippen molar-refractivity contribution in [2.75, 3.05) is 53.5 Å². The van der Waals surface area contributed by atoms with Crippen molar-refractivity contribution in [2.45, 2.75) is 24.8 Å². The van der Waals surface area contributed by atoms with Crippen LogP contribution < -0.4 is 0 Å². The molecular formula is C17H27N5O3. The van der Waals surface area contributed by atoms with Gasteiger partial charge in [0, 0.05) is 58.0 Å². The highest BCUT2D eigenvalue weighted by atomic mass is 16.5. The highest BCUT2D eigenvalue weighted by Crippen LogP contribution is 2.32. The van der Waals surface area contributed by atoms with Gasteiger partial charge in [-0.05, 0) is 26.0 Å². The zero-order chi connectivity index (χ0) is 17.9. The zero-order valence-corrected chi connectivity index (χ0v) is 15.0. The lowest BCUT2D eigenvalue weighted by molar-refractivity contribution is -0.131. The first-order valence-electron chi connectivity index (χ1n) is 8.82. The van der Waals surface area contributed by atoms with E-state index in [4.69, 9.17) is 4.74 Å². The number of aromatic amines is 1. The fraction of sp³-hybridized carbons (Fsp3) is 0.706. The number of amides is 2. The number of likely N-dealkylation sites (tertiary alicyclic amines) is 1. The van der Waals surface area contributed by atoms with Crippen LogP contribution in [0.15, 0.2) is 12.3 Å². The summed E-state index contributed by atoms with van der Waals surface area (Å²) in [6.45, 7) is 4.04. The monoisotopic (exact) mass is 349 g/mol. The topological polar surface area (TPSA) is 81.8 Å². The number of H-pyrrole nitrogens is 1. The summed E-state index contributed by atoms with van der Waals surface area (Å²) in [4.78, 5) is 31.2. The van der Waals surface area contributed by atoms with Crippen LogP contribution >= 0.6 is 0 Å². The molecule has 1 N–H and O–H groups in total. The molecule has 0 saturated carbocycles. The summed E-state index contributed by atoms with van der Waals surface area (Å²) < 4.78 is 5.12. The van der Waals surface area contributed by atoms with Gasteiger partial charge >= 0.3 is 0 Å². The standard InChI is InChI=1S/C17H27N5O3/c1-20-9-10-22(16(24)14-4-7-18-19-14)13-17(20)5-3-15(23)21(8-6-17)11-12-25-2/h4,7H,3,5-6,8-13H2,1-2H3,(H,18,19)/t17-/m1/s1. The van der Waals surface area contributed by atoms with Gasteiger partial charge in [0.25, 0.3) is 5.91 Å². The van der Waals surface area contributed by atoms with Crippen LogP contribution in [0, 0.1) is 0 Å². The van der Waals surface area contributed by atoms with E-state index in [0.717, 1.165) is 19.4 Å². The van der Waals surface area contributed by atoms with Gasteiger partial charge in [0.2, 0.25) is 5.91 Å². The number of carbonyl (C=O) groups is 2. The maximum Gasteiger partial charge on any atom is 0.271 e. The first kappa shape index (κ1) is 17.9. The van der Waals surface area contributed by atoms with Crippen LogP contribution in [0.3, 0.4) is 0 Å². The maximum absolute atomic E-state index is 12.7. The van der Waals surface area contributed by atoms with E-state index in [1.54, 1.807) is 19.4 Å². The Morgan fingerprint density at radius 1 is 1.36 bits per heavy atom. The van der Waals surface area contributed by atoms with Crippen molar-refractivity contribution in [3.8, 4) is 0 Å². The fourth-order valence-electron chi connectivity index (χ4n) is 3.85. The largest absolute Gasteiger partial charge is 0.383 e. The van der Waals surface area contributed by atoms with E-state index in [2.05, 4.69) is 22.1 Å². The van der Waals surface area contributed by atoms with Crippen LogP contribution in [-0.2, 0) is 9.53 Å². The van der Waals surface area contributed by atoms with Crippen molar-refractivity contribution in [3.63, 3.8) is 0 Å². The summed E-state index contributed by atoms with van der Waals surface area (Å²) in [6.07, 6.45) is 3.75. The van der Waals surface area contributed by atoms with E-state index in [1.807, 2.05) is 9.80 Å². The molecule has 8 nitrogen and oxygen atoms in total.